The van der Waals surface area contributed by atoms with Gasteiger partial charge in [0, 0.05) is 13.1 Å². The van der Waals surface area contributed by atoms with E-state index in [2.05, 4.69) is 29.7 Å². The van der Waals surface area contributed by atoms with Crippen LogP contribution in [0.2, 0.25) is 0 Å². The quantitative estimate of drug-likeness (QED) is 0.539. The molecule has 0 spiro atoms. The summed E-state index contributed by atoms with van der Waals surface area (Å²) in [5, 5.41) is 8.71. The largest absolute Gasteiger partial charge is 0.282 e. The van der Waals surface area contributed by atoms with E-state index in [1.165, 1.54) is 5.56 Å². The Balaban J connectivity index is 2.59. The van der Waals surface area contributed by atoms with Crippen LogP contribution >= 0.6 is 0 Å². The molecule has 2 heteroatoms. The fourth-order valence-corrected chi connectivity index (χ4v) is 1.49. The average molecular weight is 200 g/mol. The predicted octanol–water partition coefficient (Wildman–Crippen LogP) is 2.59. The van der Waals surface area contributed by atoms with E-state index in [1.807, 2.05) is 25.1 Å². The van der Waals surface area contributed by atoms with E-state index in [1.54, 1.807) is 0 Å². The van der Waals surface area contributed by atoms with Gasteiger partial charge >= 0.3 is 0 Å². The van der Waals surface area contributed by atoms with Gasteiger partial charge in [-0.15, -0.1) is 0 Å². The van der Waals surface area contributed by atoms with Crippen molar-refractivity contribution in [1.29, 1.82) is 5.26 Å². The molecule has 0 saturated heterocycles. The second kappa shape index (κ2) is 6.00. The normalized spacial score (nSPS) is 9.93. The van der Waals surface area contributed by atoms with E-state index in [-0.39, 0.29) is 0 Å². The molecule has 78 valence electrons. The molecule has 2 nitrogen and oxygen atoms in total. The van der Waals surface area contributed by atoms with E-state index in [4.69, 9.17) is 5.26 Å². The van der Waals surface area contributed by atoms with Crippen LogP contribution in [0.25, 0.3) is 0 Å². The zero-order valence-electron chi connectivity index (χ0n) is 9.11. The summed E-state index contributed by atoms with van der Waals surface area (Å²) in [7, 11) is 0. The molecule has 0 heterocycles. The molecule has 15 heavy (non-hydrogen) atoms. The number of nitrogens with zero attached hydrogens (tertiary/aromatic N) is 2. The zero-order valence-corrected chi connectivity index (χ0v) is 9.11. The predicted molar refractivity (Wildman–Crippen MR) is 62.1 cm³/mol. The Bertz CT molecular complexity index is 349. The van der Waals surface area contributed by atoms with Crippen LogP contribution in [0.5, 0.6) is 0 Å². The van der Waals surface area contributed by atoms with Crippen LogP contribution in [-0.2, 0) is 6.54 Å². The average Bonchev–Trinajstić information content (AvgIpc) is 2.18. The highest BCUT2D eigenvalue weighted by Crippen LogP contribution is 2.05. The molecule has 0 unspecified atom stereocenters. The third-order valence-electron chi connectivity index (χ3n) is 2.04. The lowest BCUT2D eigenvalue weighted by atomic mass is 10.2. The highest BCUT2D eigenvalue weighted by Gasteiger charge is 2.04. The van der Waals surface area contributed by atoms with Crippen LogP contribution < -0.4 is 0 Å². The molecular weight excluding hydrogens is 184 g/mol. The highest BCUT2D eigenvalue weighted by molar-refractivity contribution is 5.15. The molecule has 0 bridgehead atoms. The smallest absolute Gasteiger partial charge is 0.0871 e. The van der Waals surface area contributed by atoms with Crippen molar-refractivity contribution in [1.82, 2.24) is 4.90 Å². The number of hydrogen-bond acceptors (Lipinski definition) is 2. The minimum Gasteiger partial charge on any atom is -0.282 e. The Morgan fingerprint density at radius 1 is 1.40 bits per heavy atom. The molecule has 0 fully saturated rings. The Labute approximate surface area is 91.4 Å². The summed E-state index contributed by atoms with van der Waals surface area (Å²) in [4.78, 5) is 2.08. The van der Waals surface area contributed by atoms with E-state index in [0.717, 1.165) is 18.7 Å². The van der Waals surface area contributed by atoms with Crippen molar-refractivity contribution in [3.8, 4) is 6.07 Å². The zero-order chi connectivity index (χ0) is 11.1. The van der Waals surface area contributed by atoms with Gasteiger partial charge < -0.3 is 0 Å². The Morgan fingerprint density at radius 3 is 2.60 bits per heavy atom. The van der Waals surface area contributed by atoms with E-state index in [9.17, 15) is 0 Å². The second-order valence-electron chi connectivity index (χ2n) is 3.75. The summed E-state index contributed by atoms with van der Waals surface area (Å²) in [6, 6.07) is 12.3. The van der Waals surface area contributed by atoms with Gasteiger partial charge in [-0.3, -0.25) is 4.90 Å². The first-order chi connectivity index (χ1) is 7.22. The summed E-state index contributed by atoms with van der Waals surface area (Å²) >= 11 is 0. The SMILES string of the molecule is C=C(C)CN(CC#N)Cc1ccccc1. The third kappa shape index (κ3) is 4.44. The van der Waals surface area contributed by atoms with Gasteiger partial charge in [-0.05, 0) is 12.5 Å². The lowest BCUT2D eigenvalue weighted by Gasteiger charge is -2.18. The van der Waals surface area contributed by atoms with Gasteiger partial charge in [0.1, 0.15) is 0 Å². The minimum atomic E-state index is 0.446. The van der Waals surface area contributed by atoms with Gasteiger partial charge in [0.15, 0.2) is 0 Å². The first-order valence-corrected chi connectivity index (χ1v) is 5.00. The van der Waals surface area contributed by atoms with Crippen LogP contribution in [0.15, 0.2) is 42.5 Å². The van der Waals surface area contributed by atoms with Crippen LogP contribution in [0.1, 0.15) is 12.5 Å². The van der Waals surface area contributed by atoms with Crippen molar-refractivity contribution in [2.45, 2.75) is 13.5 Å². The highest BCUT2D eigenvalue weighted by atomic mass is 15.1. The molecular formula is C13H16N2. The monoisotopic (exact) mass is 200 g/mol. The molecule has 1 rings (SSSR count). The van der Waals surface area contributed by atoms with Crippen LogP contribution in [-0.4, -0.2) is 18.0 Å². The number of rotatable bonds is 5. The van der Waals surface area contributed by atoms with Crippen molar-refractivity contribution in [2.24, 2.45) is 0 Å². The molecule has 1 aromatic carbocycles. The fourth-order valence-electron chi connectivity index (χ4n) is 1.49. The van der Waals surface area contributed by atoms with Crippen molar-refractivity contribution in [2.75, 3.05) is 13.1 Å². The maximum atomic E-state index is 8.71. The number of benzene rings is 1. The first kappa shape index (κ1) is 11.5. The molecule has 0 amide bonds. The maximum Gasteiger partial charge on any atom is 0.0871 e. The van der Waals surface area contributed by atoms with Gasteiger partial charge in [0.05, 0.1) is 12.6 Å². The molecule has 0 atom stereocenters. The Morgan fingerprint density at radius 2 is 2.07 bits per heavy atom. The molecule has 0 radical (unpaired) electrons. The Kier molecular flexibility index (Phi) is 4.59. The standard InChI is InChI=1S/C13H16N2/c1-12(2)10-15(9-8-14)11-13-6-4-3-5-7-13/h3-7H,1,9-11H2,2H3. The van der Waals surface area contributed by atoms with Crippen LogP contribution in [0.4, 0.5) is 0 Å². The van der Waals surface area contributed by atoms with Gasteiger partial charge in [-0.2, -0.15) is 5.26 Å². The van der Waals surface area contributed by atoms with Gasteiger partial charge in [0.25, 0.3) is 0 Å². The summed E-state index contributed by atoms with van der Waals surface area (Å²) in [6.45, 7) is 7.88. The van der Waals surface area contributed by atoms with Crippen molar-refractivity contribution >= 4 is 0 Å². The van der Waals surface area contributed by atoms with Gasteiger partial charge in [-0.25, -0.2) is 0 Å². The molecule has 0 aliphatic rings. The number of nitriles is 1. The lowest BCUT2D eigenvalue weighted by molar-refractivity contribution is 0.324. The molecule has 0 aliphatic carbocycles. The fraction of sp³-hybridized carbons (Fsp3) is 0.308. The first-order valence-electron chi connectivity index (χ1n) is 5.00. The summed E-state index contributed by atoms with van der Waals surface area (Å²) in [5.41, 5.74) is 2.31. The molecule has 0 aliphatic heterocycles. The summed E-state index contributed by atoms with van der Waals surface area (Å²) in [5.74, 6) is 0. The molecule has 1 aromatic rings. The summed E-state index contributed by atoms with van der Waals surface area (Å²) in [6.07, 6.45) is 0. The van der Waals surface area contributed by atoms with Crippen LogP contribution in [0.3, 0.4) is 0 Å². The third-order valence-corrected chi connectivity index (χ3v) is 2.04. The van der Waals surface area contributed by atoms with Gasteiger partial charge in [0.2, 0.25) is 0 Å². The Hall–Kier alpha value is -1.59. The van der Waals surface area contributed by atoms with Crippen molar-refractivity contribution in [3.05, 3.63) is 48.0 Å². The summed E-state index contributed by atoms with van der Waals surface area (Å²) < 4.78 is 0. The van der Waals surface area contributed by atoms with Gasteiger partial charge in [-0.1, -0.05) is 42.5 Å². The maximum absolute atomic E-state index is 8.71. The topological polar surface area (TPSA) is 27.0 Å². The van der Waals surface area contributed by atoms with Crippen molar-refractivity contribution in [3.63, 3.8) is 0 Å². The number of hydrogen-bond donors (Lipinski definition) is 0. The second-order valence-corrected chi connectivity index (χ2v) is 3.75. The molecule has 0 N–H and O–H groups in total. The van der Waals surface area contributed by atoms with E-state index >= 15 is 0 Å². The lowest BCUT2D eigenvalue weighted by Crippen LogP contribution is -2.25. The minimum absolute atomic E-state index is 0.446. The van der Waals surface area contributed by atoms with E-state index in [0.29, 0.717) is 6.54 Å². The van der Waals surface area contributed by atoms with Crippen LogP contribution in [0, 0.1) is 11.3 Å². The molecule has 0 aromatic heterocycles. The molecule has 0 saturated carbocycles. The van der Waals surface area contributed by atoms with E-state index < -0.39 is 0 Å². The van der Waals surface area contributed by atoms with Crippen molar-refractivity contribution < 1.29 is 0 Å².